The minimum absolute atomic E-state index is 0.366. The molecule has 0 aromatic heterocycles. The lowest BCUT2D eigenvalue weighted by Gasteiger charge is -2.37. The Balaban J connectivity index is 2.35. The van der Waals surface area contributed by atoms with Crippen molar-refractivity contribution in [3.05, 3.63) is 0 Å². The van der Waals surface area contributed by atoms with Gasteiger partial charge >= 0.3 is 0 Å². The van der Waals surface area contributed by atoms with E-state index < -0.39 is 11.7 Å². The summed E-state index contributed by atoms with van der Waals surface area (Å²) in [7, 11) is 0. The van der Waals surface area contributed by atoms with Crippen molar-refractivity contribution >= 4 is 0 Å². The maximum atomic E-state index is 10.5. The molecule has 0 bridgehead atoms. The van der Waals surface area contributed by atoms with Crippen LogP contribution in [0.3, 0.4) is 0 Å². The largest absolute Gasteiger partial charge is 0.392 e. The summed E-state index contributed by atoms with van der Waals surface area (Å²) in [6, 6.07) is 0.379. The summed E-state index contributed by atoms with van der Waals surface area (Å²) in [5, 5.41) is 23.6. The van der Waals surface area contributed by atoms with Gasteiger partial charge in [-0.05, 0) is 25.7 Å². The molecule has 0 heterocycles. The average Bonchev–Trinajstić information content (AvgIpc) is 2.27. The molecule has 17 heavy (non-hydrogen) atoms. The molecule has 1 saturated carbocycles. The highest BCUT2D eigenvalue weighted by Gasteiger charge is 2.34. The van der Waals surface area contributed by atoms with Crippen LogP contribution < -0.4 is 5.32 Å². The maximum absolute atomic E-state index is 10.5. The van der Waals surface area contributed by atoms with E-state index in [1.165, 1.54) is 19.3 Å². The van der Waals surface area contributed by atoms with Crippen LogP contribution in [0.1, 0.15) is 59.3 Å². The number of nitrogens with one attached hydrogen (secondary N) is 1. The molecule has 0 unspecified atom stereocenters. The third-order valence-electron chi connectivity index (χ3n) is 3.90. The summed E-state index contributed by atoms with van der Waals surface area (Å²) in [6.07, 6.45) is 5.99. The first kappa shape index (κ1) is 14.9. The average molecular weight is 243 g/mol. The fraction of sp³-hybridized carbons (Fsp3) is 1.00. The molecular weight excluding hydrogens is 214 g/mol. The third kappa shape index (κ3) is 5.36. The van der Waals surface area contributed by atoms with Gasteiger partial charge in [0.1, 0.15) is 0 Å². The minimum atomic E-state index is -0.710. The van der Waals surface area contributed by atoms with Crippen LogP contribution in [0.25, 0.3) is 0 Å². The van der Waals surface area contributed by atoms with Crippen LogP contribution in [0.2, 0.25) is 0 Å². The molecule has 1 rings (SSSR count). The standard InChI is InChI=1S/C14H29NO2/c1-11(2)15-10-13(16)9-14(3,17)12-7-5-4-6-8-12/h11-13,15-17H,4-10H2,1-3H3/t13-,14-/m1/s1. The highest BCUT2D eigenvalue weighted by molar-refractivity contribution is 4.86. The zero-order chi connectivity index (χ0) is 12.9. The Morgan fingerprint density at radius 1 is 1.24 bits per heavy atom. The molecule has 0 aromatic carbocycles. The van der Waals surface area contributed by atoms with Crippen LogP contribution in [0.15, 0.2) is 0 Å². The summed E-state index contributed by atoms with van der Waals surface area (Å²) in [5.41, 5.74) is -0.710. The zero-order valence-corrected chi connectivity index (χ0v) is 11.6. The van der Waals surface area contributed by atoms with Crippen molar-refractivity contribution in [1.82, 2.24) is 5.32 Å². The van der Waals surface area contributed by atoms with Crippen molar-refractivity contribution in [3.63, 3.8) is 0 Å². The summed E-state index contributed by atoms with van der Waals surface area (Å²) < 4.78 is 0. The van der Waals surface area contributed by atoms with Gasteiger partial charge in [0.15, 0.2) is 0 Å². The van der Waals surface area contributed by atoms with E-state index in [9.17, 15) is 10.2 Å². The van der Waals surface area contributed by atoms with Crippen LogP contribution in [0, 0.1) is 5.92 Å². The Morgan fingerprint density at radius 2 is 1.82 bits per heavy atom. The molecule has 1 fully saturated rings. The fourth-order valence-electron chi connectivity index (χ4n) is 2.81. The van der Waals surface area contributed by atoms with Gasteiger partial charge in [0.05, 0.1) is 11.7 Å². The highest BCUT2D eigenvalue weighted by atomic mass is 16.3. The molecule has 0 radical (unpaired) electrons. The van der Waals surface area contributed by atoms with Crippen molar-refractivity contribution in [3.8, 4) is 0 Å². The number of aliphatic hydroxyl groups is 2. The molecule has 0 spiro atoms. The molecule has 0 aliphatic heterocycles. The van der Waals surface area contributed by atoms with E-state index in [4.69, 9.17) is 0 Å². The van der Waals surface area contributed by atoms with Crippen LogP contribution >= 0.6 is 0 Å². The molecule has 3 heteroatoms. The maximum Gasteiger partial charge on any atom is 0.0692 e. The van der Waals surface area contributed by atoms with Crippen LogP contribution in [-0.4, -0.2) is 34.5 Å². The third-order valence-corrected chi connectivity index (χ3v) is 3.90. The summed E-state index contributed by atoms with van der Waals surface area (Å²) >= 11 is 0. The number of aliphatic hydroxyl groups excluding tert-OH is 1. The lowest BCUT2D eigenvalue weighted by atomic mass is 9.75. The second kappa shape index (κ2) is 6.72. The molecule has 1 aliphatic rings. The topological polar surface area (TPSA) is 52.5 Å². The minimum Gasteiger partial charge on any atom is -0.392 e. The van der Waals surface area contributed by atoms with Gasteiger partial charge in [0.2, 0.25) is 0 Å². The van der Waals surface area contributed by atoms with E-state index in [1.807, 2.05) is 6.92 Å². The van der Waals surface area contributed by atoms with Gasteiger partial charge in [0.25, 0.3) is 0 Å². The van der Waals surface area contributed by atoms with Crippen LogP contribution in [0.4, 0.5) is 0 Å². The first-order valence-corrected chi connectivity index (χ1v) is 7.05. The smallest absolute Gasteiger partial charge is 0.0692 e. The summed E-state index contributed by atoms with van der Waals surface area (Å²) in [5.74, 6) is 0.366. The number of hydrogen-bond donors (Lipinski definition) is 3. The monoisotopic (exact) mass is 243 g/mol. The zero-order valence-electron chi connectivity index (χ0n) is 11.6. The van der Waals surface area contributed by atoms with Crippen molar-refractivity contribution in [1.29, 1.82) is 0 Å². The Kier molecular flexibility index (Phi) is 5.90. The Morgan fingerprint density at radius 3 is 2.35 bits per heavy atom. The Labute approximate surface area is 106 Å². The predicted molar refractivity (Wildman–Crippen MR) is 71.0 cm³/mol. The molecule has 0 saturated heterocycles. The van der Waals surface area contributed by atoms with E-state index in [-0.39, 0.29) is 0 Å². The van der Waals surface area contributed by atoms with Gasteiger partial charge < -0.3 is 15.5 Å². The first-order valence-electron chi connectivity index (χ1n) is 7.05. The quantitative estimate of drug-likeness (QED) is 0.669. The summed E-state index contributed by atoms with van der Waals surface area (Å²) in [6.45, 7) is 6.58. The molecule has 2 atom stereocenters. The van der Waals surface area contributed by atoms with Crippen LogP contribution in [0.5, 0.6) is 0 Å². The predicted octanol–water partition coefficient (Wildman–Crippen LogP) is 2.07. The lowest BCUT2D eigenvalue weighted by molar-refractivity contribution is -0.0525. The van der Waals surface area contributed by atoms with Gasteiger partial charge in [-0.1, -0.05) is 33.1 Å². The van der Waals surface area contributed by atoms with Crippen molar-refractivity contribution in [2.45, 2.75) is 77.0 Å². The molecule has 102 valence electrons. The second-order valence-corrected chi connectivity index (χ2v) is 6.11. The van der Waals surface area contributed by atoms with Crippen molar-refractivity contribution in [2.24, 2.45) is 5.92 Å². The van der Waals surface area contributed by atoms with Gasteiger partial charge in [-0.25, -0.2) is 0 Å². The SMILES string of the molecule is CC(C)NC[C@H](O)C[C@@](C)(O)C1CCCCC1. The van der Waals surface area contributed by atoms with Crippen molar-refractivity contribution < 1.29 is 10.2 Å². The van der Waals surface area contributed by atoms with E-state index in [0.717, 1.165) is 12.8 Å². The fourth-order valence-corrected chi connectivity index (χ4v) is 2.81. The summed E-state index contributed by atoms with van der Waals surface area (Å²) in [4.78, 5) is 0. The van der Waals surface area contributed by atoms with Crippen molar-refractivity contribution in [2.75, 3.05) is 6.54 Å². The van der Waals surface area contributed by atoms with Crippen LogP contribution in [-0.2, 0) is 0 Å². The first-order chi connectivity index (χ1) is 7.92. The van der Waals surface area contributed by atoms with Gasteiger partial charge in [-0.15, -0.1) is 0 Å². The lowest BCUT2D eigenvalue weighted by Crippen LogP contribution is -2.42. The highest BCUT2D eigenvalue weighted by Crippen LogP contribution is 2.35. The Bertz CT molecular complexity index is 210. The van der Waals surface area contributed by atoms with E-state index >= 15 is 0 Å². The molecule has 0 aromatic rings. The molecular formula is C14H29NO2. The van der Waals surface area contributed by atoms with Gasteiger partial charge in [0, 0.05) is 19.0 Å². The normalized spacial score (nSPS) is 23.6. The van der Waals surface area contributed by atoms with Gasteiger partial charge in [-0.3, -0.25) is 0 Å². The molecule has 3 N–H and O–H groups in total. The van der Waals surface area contributed by atoms with E-state index in [0.29, 0.717) is 24.9 Å². The second-order valence-electron chi connectivity index (χ2n) is 6.11. The van der Waals surface area contributed by atoms with E-state index in [2.05, 4.69) is 19.2 Å². The Hall–Kier alpha value is -0.120. The molecule has 3 nitrogen and oxygen atoms in total. The molecule has 0 amide bonds. The number of rotatable bonds is 6. The van der Waals surface area contributed by atoms with Gasteiger partial charge in [-0.2, -0.15) is 0 Å². The number of hydrogen-bond acceptors (Lipinski definition) is 3. The molecule has 1 aliphatic carbocycles. The van der Waals surface area contributed by atoms with E-state index in [1.54, 1.807) is 0 Å².